The second-order valence-electron chi connectivity index (χ2n) is 7.03. The molecule has 31 heavy (non-hydrogen) atoms. The average molecular weight is 452 g/mol. The highest BCUT2D eigenvalue weighted by molar-refractivity contribution is 7.91. The fourth-order valence-electron chi connectivity index (χ4n) is 2.90. The third kappa shape index (κ3) is 7.42. The fourth-order valence-corrected chi connectivity index (χ4v) is 3.31. The van der Waals surface area contributed by atoms with E-state index in [-0.39, 0.29) is 18.1 Å². The molecule has 10 nitrogen and oxygen atoms in total. The second-order valence-corrected chi connectivity index (χ2v) is 8.78. The van der Waals surface area contributed by atoms with E-state index < -0.39 is 39.2 Å². The molecule has 0 saturated heterocycles. The van der Waals surface area contributed by atoms with Crippen LogP contribution in [0.3, 0.4) is 0 Å². The Kier molecular flexibility index (Phi) is 8.15. The first-order valence-electron chi connectivity index (χ1n) is 9.51. The van der Waals surface area contributed by atoms with Crippen LogP contribution in [0.5, 0.6) is 17.2 Å². The van der Waals surface area contributed by atoms with E-state index in [1.807, 2.05) is 4.72 Å². The topological polar surface area (TPSA) is 162 Å². The van der Waals surface area contributed by atoms with Gasteiger partial charge in [-0.2, -0.15) is 4.98 Å². The molecule has 0 saturated carbocycles. The van der Waals surface area contributed by atoms with Gasteiger partial charge >= 0.3 is 6.01 Å². The molecule has 1 amide bonds. The molecule has 0 aliphatic rings. The summed E-state index contributed by atoms with van der Waals surface area (Å²) in [7, 11) is -3.61. The highest BCUT2D eigenvalue weighted by Gasteiger charge is 2.21. The molecule has 1 aromatic heterocycles. The lowest BCUT2D eigenvalue weighted by Crippen LogP contribution is -2.36. The van der Waals surface area contributed by atoms with E-state index in [9.17, 15) is 28.5 Å². The van der Waals surface area contributed by atoms with E-state index in [2.05, 4.69) is 16.2 Å². The maximum atomic E-state index is 12.6. The lowest BCUT2D eigenvalue weighted by atomic mass is 9.98. The maximum Gasteiger partial charge on any atom is 0.309 e. The van der Waals surface area contributed by atoms with Crippen LogP contribution in [0.2, 0.25) is 0 Å². The van der Waals surface area contributed by atoms with Gasteiger partial charge in [-0.05, 0) is 25.3 Å². The standard InChI is InChI=1S/C20H25N3O7S/c1-3-4-5-6-7-8-14(11-13-9-10-16(24)18(26)17(13)25)21-19(27)15-12-30-20(22-15)23-31(2,28)29/h1,9-10,12,14,24-26H,4-8,11H2,2H3,(H,21,27)(H,22,23). The summed E-state index contributed by atoms with van der Waals surface area (Å²) in [5.41, 5.74) is 0.213. The van der Waals surface area contributed by atoms with Gasteiger partial charge in [0.15, 0.2) is 17.2 Å². The van der Waals surface area contributed by atoms with Crippen LogP contribution in [0.25, 0.3) is 0 Å². The Morgan fingerprint density at radius 3 is 2.65 bits per heavy atom. The summed E-state index contributed by atoms with van der Waals surface area (Å²) >= 11 is 0. The van der Waals surface area contributed by atoms with Crippen LogP contribution in [0.1, 0.15) is 48.2 Å². The van der Waals surface area contributed by atoms with Gasteiger partial charge in [-0.3, -0.25) is 4.79 Å². The zero-order valence-corrected chi connectivity index (χ0v) is 17.8. The number of benzene rings is 1. The Bertz CT molecular complexity index is 1060. The number of hydrogen-bond acceptors (Lipinski definition) is 8. The minimum absolute atomic E-state index is 0.124. The zero-order chi connectivity index (χ0) is 23.0. The number of phenols is 3. The van der Waals surface area contributed by atoms with Gasteiger partial charge in [0, 0.05) is 18.0 Å². The number of unbranched alkanes of at least 4 members (excludes halogenated alkanes) is 3. The summed E-state index contributed by atoms with van der Waals surface area (Å²) in [6.45, 7) is 0. The number of aromatic nitrogens is 1. The summed E-state index contributed by atoms with van der Waals surface area (Å²) in [5.74, 6) is 0.415. The molecule has 1 aromatic carbocycles. The van der Waals surface area contributed by atoms with Gasteiger partial charge in [0.1, 0.15) is 6.26 Å². The molecule has 0 fully saturated rings. The third-order valence-corrected chi connectivity index (χ3v) is 4.94. The number of nitrogens with zero attached hydrogens (tertiary/aromatic N) is 1. The first kappa shape index (κ1) is 23.9. The summed E-state index contributed by atoms with van der Waals surface area (Å²) in [6, 6.07) is 1.92. The molecule has 11 heteroatoms. The number of amides is 1. The van der Waals surface area contributed by atoms with E-state index in [4.69, 9.17) is 10.8 Å². The summed E-state index contributed by atoms with van der Waals surface area (Å²) in [6.07, 6.45) is 11.0. The van der Waals surface area contributed by atoms with Crippen molar-refractivity contribution in [3.05, 3.63) is 29.7 Å². The van der Waals surface area contributed by atoms with Crippen molar-refractivity contribution in [2.75, 3.05) is 11.0 Å². The molecule has 0 aliphatic heterocycles. The largest absolute Gasteiger partial charge is 0.504 e. The normalized spacial score (nSPS) is 12.1. The second kappa shape index (κ2) is 10.6. The van der Waals surface area contributed by atoms with Crippen LogP contribution in [-0.2, 0) is 16.4 Å². The number of terminal acetylenes is 1. The van der Waals surface area contributed by atoms with Gasteiger partial charge in [-0.15, -0.1) is 12.3 Å². The summed E-state index contributed by atoms with van der Waals surface area (Å²) in [5, 5.41) is 32.1. The maximum absolute atomic E-state index is 12.6. The van der Waals surface area contributed by atoms with Gasteiger partial charge in [0.05, 0.1) is 6.26 Å². The molecule has 0 aliphatic carbocycles. The van der Waals surface area contributed by atoms with Crippen LogP contribution in [-0.4, -0.2) is 46.9 Å². The third-order valence-electron chi connectivity index (χ3n) is 4.40. The molecule has 1 unspecified atom stereocenters. The van der Waals surface area contributed by atoms with Gasteiger partial charge in [0.2, 0.25) is 15.8 Å². The highest BCUT2D eigenvalue weighted by atomic mass is 32.2. The van der Waals surface area contributed by atoms with Crippen molar-refractivity contribution >= 4 is 21.9 Å². The molecule has 1 atom stereocenters. The van der Waals surface area contributed by atoms with Crippen molar-refractivity contribution in [3.63, 3.8) is 0 Å². The van der Waals surface area contributed by atoms with E-state index >= 15 is 0 Å². The van der Waals surface area contributed by atoms with Crippen molar-refractivity contribution < 1.29 is 32.9 Å². The lowest BCUT2D eigenvalue weighted by molar-refractivity contribution is 0.0929. The minimum Gasteiger partial charge on any atom is -0.504 e. The van der Waals surface area contributed by atoms with E-state index in [0.29, 0.717) is 18.4 Å². The molecule has 2 aromatic rings. The lowest BCUT2D eigenvalue weighted by Gasteiger charge is -2.19. The first-order valence-corrected chi connectivity index (χ1v) is 11.4. The molecule has 5 N–H and O–H groups in total. The van der Waals surface area contributed by atoms with Crippen LogP contribution < -0.4 is 10.0 Å². The predicted octanol–water partition coefficient (Wildman–Crippen LogP) is 2.09. The van der Waals surface area contributed by atoms with Gasteiger partial charge in [-0.1, -0.05) is 18.9 Å². The Morgan fingerprint density at radius 2 is 1.97 bits per heavy atom. The fraction of sp³-hybridized carbons (Fsp3) is 0.400. The monoisotopic (exact) mass is 451 g/mol. The molecule has 1 heterocycles. The minimum atomic E-state index is -3.61. The number of hydrogen-bond donors (Lipinski definition) is 5. The quantitative estimate of drug-likeness (QED) is 0.197. The molecule has 0 bridgehead atoms. The van der Waals surface area contributed by atoms with E-state index in [1.165, 1.54) is 12.1 Å². The van der Waals surface area contributed by atoms with E-state index in [1.54, 1.807) is 0 Å². The molecule has 2 rings (SSSR count). The number of rotatable bonds is 11. The average Bonchev–Trinajstić information content (AvgIpc) is 3.14. The molecule has 0 radical (unpaired) electrons. The van der Waals surface area contributed by atoms with Gasteiger partial charge in [0.25, 0.3) is 5.91 Å². The van der Waals surface area contributed by atoms with Crippen molar-refractivity contribution in [1.29, 1.82) is 0 Å². The molecule has 168 valence electrons. The first-order chi connectivity index (χ1) is 14.6. The predicted molar refractivity (Wildman–Crippen MR) is 113 cm³/mol. The Labute approximate surface area is 180 Å². The number of anilines is 1. The number of oxazole rings is 1. The van der Waals surface area contributed by atoms with Crippen molar-refractivity contribution in [2.24, 2.45) is 0 Å². The summed E-state index contributed by atoms with van der Waals surface area (Å²) < 4.78 is 29.5. The van der Waals surface area contributed by atoms with Gasteiger partial charge < -0.3 is 25.1 Å². The number of phenolic OH excluding ortho intramolecular Hbond substituents is 3. The van der Waals surface area contributed by atoms with Crippen LogP contribution >= 0.6 is 0 Å². The van der Waals surface area contributed by atoms with Crippen molar-refractivity contribution in [3.8, 4) is 29.6 Å². The number of sulfonamides is 1. The Morgan fingerprint density at radius 1 is 1.23 bits per heavy atom. The molecular formula is C20H25N3O7S. The van der Waals surface area contributed by atoms with Crippen molar-refractivity contribution in [2.45, 2.75) is 44.6 Å². The summed E-state index contributed by atoms with van der Waals surface area (Å²) in [4.78, 5) is 16.4. The van der Waals surface area contributed by atoms with Crippen molar-refractivity contribution in [1.82, 2.24) is 10.3 Å². The zero-order valence-electron chi connectivity index (χ0n) is 17.0. The van der Waals surface area contributed by atoms with Crippen LogP contribution in [0.4, 0.5) is 6.01 Å². The van der Waals surface area contributed by atoms with E-state index in [0.717, 1.165) is 31.8 Å². The van der Waals surface area contributed by atoms with Crippen LogP contribution in [0.15, 0.2) is 22.8 Å². The number of aromatic hydroxyl groups is 3. The molecular weight excluding hydrogens is 426 g/mol. The van der Waals surface area contributed by atoms with Gasteiger partial charge in [-0.25, -0.2) is 13.1 Å². The number of carbonyl (C=O) groups excluding carboxylic acids is 1. The smallest absolute Gasteiger partial charge is 0.309 e. The Hall–Kier alpha value is -3.39. The molecule has 0 spiro atoms. The number of nitrogens with one attached hydrogen (secondary N) is 2. The SMILES string of the molecule is C#CCCCCCC(Cc1ccc(O)c(O)c1O)NC(=O)c1coc(NS(C)(=O)=O)n1. The van der Waals surface area contributed by atoms with Crippen LogP contribution in [0, 0.1) is 12.3 Å². The highest BCUT2D eigenvalue weighted by Crippen LogP contribution is 2.37. The Balaban J connectivity index is 2.11. The number of carbonyl (C=O) groups is 1.